The summed E-state index contributed by atoms with van der Waals surface area (Å²) in [7, 11) is 0. The van der Waals surface area contributed by atoms with Crippen molar-refractivity contribution in [2.24, 2.45) is 5.10 Å². The average Bonchev–Trinajstić information content (AvgIpc) is 3.15. The molecule has 0 bridgehead atoms. The highest BCUT2D eigenvalue weighted by Gasteiger charge is 2.38. The van der Waals surface area contributed by atoms with Crippen LogP contribution in [0, 0.1) is 13.8 Å². The maximum absolute atomic E-state index is 13.3. The van der Waals surface area contributed by atoms with Gasteiger partial charge in [0.2, 0.25) is 5.91 Å². The molecule has 4 nitrogen and oxygen atoms in total. The minimum absolute atomic E-state index is 0.105. The van der Waals surface area contributed by atoms with Crippen LogP contribution in [-0.2, 0) is 17.9 Å². The van der Waals surface area contributed by atoms with E-state index in [1.807, 2.05) is 12.1 Å². The molecule has 0 atom stereocenters. The lowest BCUT2D eigenvalue weighted by Crippen LogP contribution is -2.41. The first-order chi connectivity index (χ1) is 16.8. The van der Waals surface area contributed by atoms with Crippen molar-refractivity contribution in [1.82, 2.24) is 9.91 Å². The van der Waals surface area contributed by atoms with E-state index in [0.29, 0.717) is 6.42 Å². The molecule has 0 saturated carbocycles. The highest BCUT2D eigenvalue weighted by atomic mass is 16.2. The molecule has 0 unspecified atom stereocenters. The molecule has 0 radical (unpaired) electrons. The average molecular weight is 468 g/mol. The van der Waals surface area contributed by atoms with Crippen LogP contribution >= 0.6 is 0 Å². The molecule has 0 saturated heterocycles. The summed E-state index contributed by atoms with van der Waals surface area (Å²) < 4.78 is 0. The fraction of sp³-hybridized carbons (Fsp3) is 0.355. The summed E-state index contributed by atoms with van der Waals surface area (Å²) in [6, 6.07) is 27.6. The van der Waals surface area contributed by atoms with E-state index < -0.39 is 0 Å². The Morgan fingerprint density at radius 1 is 0.886 bits per heavy atom. The summed E-state index contributed by atoms with van der Waals surface area (Å²) in [6.07, 6.45) is 2.07. The van der Waals surface area contributed by atoms with E-state index in [4.69, 9.17) is 5.10 Å². The molecule has 182 valence electrons. The maximum atomic E-state index is 13.3. The molecule has 0 aliphatic carbocycles. The van der Waals surface area contributed by atoms with Crippen molar-refractivity contribution in [2.45, 2.75) is 65.6 Å². The van der Waals surface area contributed by atoms with Crippen molar-refractivity contribution in [3.05, 3.63) is 107 Å². The van der Waals surface area contributed by atoms with Gasteiger partial charge in [0.05, 0.1) is 11.3 Å². The van der Waals surface area contributed by atoms with Crippen LogP contribution in [0.4, 0.5) is 0 Å². The first-order valence-electron chi connectivity index (χ1n) is 12.6. The number of hydrogen-bond donors (Lipinski definition) is 0. The first-order valence-corrected chi connectivity index (χ1v) is 12.6. The fourth-order valence-electron chi connectivity index (χ4n) is 4.93. The highest BCUT2D eigenvalue weighted by Crippen LogP contribution is 2.31. The van der Waals surface area contributed by atoms with Crippen molar-refractivity contribution < 1.29 is 4.79 Å². The minimum atomic E-state index is -0.308. The molecule has 1 aliphatic rings. The monoisotopic (exact) mass is 467 g/mol. The molecule has 3 aromatic rings. The van der Waals surface area contributed by atoms with Gasteiger partial charge < -0.3 is 0 Å². The molecular formula is C31H37N3O. The molecule has 4 heteroatoms. The second kappa shape index (κ2) is 11.0. The number of hydrogen-bond acceptors (Lipinski definition) is 3. The Hall–Kier alpha value is -3.24. The maximum Gasteiger partial charge on any atom is 0.243 e. The Labute approximate surface area is 210 Å². The second-order valence-electron chi connectivity index (χ2n) is 10.4. The molecule has 1 aliphatic heterocycles. The largest absolute Gasteiger partial charge is 0.295 e. The van der Waals surface area contributed by atoms with E-state index in [2.05, 4.69) is 99.3 Å². The number of amides is 1. The van der Waals surface area contributed by atoms with Crippen LogP contribution in [0.2, 0.25) is 0 Å². The van der Waals surface area contributed by atoms with Crippen molar-refractivity contribution >= 4 is 11.6 Å². The van der Waals surface area contributed by atoms with Gasteiger partial charge in [-0.2, -0.15) is 5.10 Å². The van der Waals surface area contributed by atoms with Gasteiger partial charge in [-0.25, -0.2) is 5.01 Å². The van der Waals surface area contributed by atoms with Gasteiger partial charge in [-0.3, -0.25) is 9.69 Å². The van der Waals surface area contributed by atoms with Gasteiger partial charge in [0.25, 0.3) is 0 Å². The molecule has 35 heavy (non-hydrogen) atoms. The third kappa shape index (κ3) is 6.67. The lowest BCUT2D eigenvalue weighted by Gasteiger charge is -2.29. The SMILES string of the molecule is Cc1cc(C)cc(C2=NN(C(=O)CCCN(Cc3ccccc3)Cc3ccccc3)C(C)(C)C2)c1. The van der Waals surface area contributed by atoms with E-state index in [0.717, 1.165) is 43.8 Å². The molecule has 0 aromatic heterocycles. The molecule has 4 rings (SSSR count). The predicted octanol–water partition coefficient (Wildman–Crippen LogP) is 6.50. The van der Waals surface area contributed by atoms with E-state index in [-0.39, 0.29) is 11.4 Å². The third-order valence-electron chi connectivity index (χ3n) is 6.55. The Bertz CT molecular complexity index is 1110. The second-order valence-corrected chi connectivity index (χ2v) is 10.4. The number of carbonyl (C=O) groups is 1. The van der Waals surface area contributed by atoms with Gasteiger partial charge >= 0.3 is 0 Å². The topological polar surface area (TPSA) is 35.9 Å². The lowest BCUT2D eigenvalue weighted by molar-refractivity contribution is -0.135. The van der Waals surface area contributed by atoms with E-state index >= 15 is 0 Å². The van der Waals surface area contributed by atoms with Crippen molar-refractivity contribution in [3.8, 4) is 0 Å². The van der Waals surface area contributed by atoms with Crippen LogP contribution in [-0.4, -0.2) is 33.6 Å². The predicted molar refractivity (Wildman–Crippen MR) is 144 cm³/mol. The lowest BCUT2D eigenvalue weighted by atomic mass is 9.93. The number of benzene rings is 3. The number of rotatable bonds is 9. The van der Waals surface area contributed by atoms with Crippen molar-refractivity contribution in [3.63, 3.8) is 0 Å². The van der Waals surface area contributed by atoms with Gasteiger partial charge in [-0.15, -0.1) is 0 Å². The molecule has 3 aromatic carbocycles. The normalized spacial score (nSPS) is 14.9. The minimum Gasteiger partial charge on any atom is -0.295 e. The molecule has 0 fully saturated rings. The fourth-order valence-corrected chi connectivity index (χ4v) is 4.93. The van der Waals surface area contributed by atoms with Gasteiger partial charge in [0, 0.05) is 25.9 Å². The number of carbonyl (C=O) groups excluding carboxylic acids is 1. The summed E-state index contributed by atoms with van der Waals surface area (Å²) in [5.41, 5.74) is 6.85. The number of hydrazone groups is 1. The zero-order valence-corrected chi connectivity index (χ0v) is 21.5. The molecule has 0 spiro atoms. The van der Waals surface area contributed by atoms with Crippen LogP contribution in [0.15, 0.2) is 84.0 Å². The van der Waals surface area contributed by atoms with Gasteiger partial charge in [0.15, 0.2) is 0 Å². The standard InChI is InChI=1S/C31H37N3O/c1-24-18-25(2)20-28(19-24)29-21-31(3,4)34(32-29)30(35)16-11-17-33(22-26-12-7-5-8-13-26)23-27-14-9-6-10-15-27/h5-10,12-15,18-20H,11,16-17,21-23H2,1-4H3. The zero-order valence-electron chi connectivity index (χ0n) is 21.5. The summed E-state index contributed by atoms with van der Waals surface area (Å²) in [5, 5.41) is 6.55. The van der Waals surface area contributed by atoms with E-state index in [1.54, 1.807) is 5.01 Å². The number of nitrogens with zero attached hydrogens (tertiary/aromatic N) is 3. The summed E-state index contributed by atoms with van der Waals surface area (Å²) >= 11 is 0. The van der Waals surface area contributed by atoms with Crippen LogP contribution in [0.3, 0.4) is 0 Å². The Kier molecular flexibility index (Phi) is 7.82. The Balaban J connectivity index is 1.41. The van der Waals surface area contributed by atoms with Crippen LogP contribution in [0.5, 0.6) is 0 Å². The van der Waals surface area contributed by atoms with Gasteiger partial charge in [0.1, 0.15) is 0 Å². The summed E-state index contributed by atoms with van der Waals surface area (Å²) in [4.78, 5) is 15.7. The summed E-state index contributed by atoms with van der Waals surface area (Å²) in [5.74, 6) is 0.105. The van der Waals surface area contributed by atoms with E-state index in [1.165, 1.54) is 22.3 Å². The van der Waals surface area contributed by atoms with Gasteiger partial charge in [-0.1, -0.05) is 90.0 Å². The van der Waals surface area contributed by atoms with Crippen LogP contribution in [0.1, 0.15) is 60.9 Å². The van der Waals surface area contributed by atoms with Crippen LogP contribution in [0.25, 0.3) is 0 Å². The van der Waals surface area contributed by atoms with Crippen LogP contribution < -0.4 is 0 Å². The Morgan fingerprint density at radius 3 is 1.97 bits per heavy atom. The smallest absolute Gasteiger partial charge is 0.243 e. The van der Waals surface area contributed by atoms with Crippen molar-refractivity contribution in [1.29, 1.82) is 0 Å². The van der Waals surface area contributed by atoms with E-state index in [9.17, 15) is 4.79 Å². The quantitative estimate of drug-likeness (QED) is 0.360. The molecule has 1 heterocycles. The first kappa shape index (κ1) is 24.9. The van der Waals surface area contributed by atoms with Crippen molar-refractivity contribution in [2.75, 3.05) is 6.54 Å². The zero-order chi connectivity index (χ0) is 24.8. The molecule has 1 amide bonds. The molecule has 0 N–H and O–H groups in total. The highest BCUT2D eigenvalue weighted by molar-refractivity contribution is 6.03. The third-order valence-corrected chi connectivity index (χ3v) is 6.55. The summed E-state index contributed by atoms with van der Waals surface area (Å²) in [6.45, 7) is 11.0. The van der Waals surface area contributed by atoms with Gasteiger partial charge in [-0.05, 0) is 57.4 Å². The Morgan fingerprint density at radius 2 is 1.43 bits per heavy atom. The number of aryl methyl sites for hydroxylation is 2. The molecular weight excluding hydrogens is 430 g/mol.